The number of nitrogens with zero attached hydrogens (tertiary/aromatic N) is 1. The molecule has 0 atom stereocenters. The van der Waals surface area contributed by atoms with E-state index in [1.54, 1.807) is 25.1 Å². The van der Waals surface area contributed by atoms with Crippen molar-refractivity contribution in [3.05, 3.63) is 28.8 Å². The van der Waals surface area contributed by atoms with Crippen molar-refractivity contribution in [2.24, 2.45) is 23.2 Å². The summed E-state index contributed by atoms with van der Waals surface area (Å²) in [6.07, 6.45) is 8.56. The number of carboxylic acid groups (broad SMARTS) is 1. The predicted molar refractivity (Wildman–Crippen MR) is 142 cm³/mol. The Labute approximate surface area is 219 Å². The van der Waals surface area contributed by atoms with Crippen LogP contribution in [0.15, 0.2) is 18.2 Å². The van der Waals surface area contributed by atoms with E-state index >= 15 is 0 Å². The fourth-order valence-electron chi connectivity index (χ4n) is 6.52. The molecule has 1 aromatic rings. The number of amides is 2. The third kappa shape index (κ3) is 8.10. The number of carboxylic acids is 1. The molecule has 0 saturated heterocycles. The Morgan fingerprint density at radius 2 is 1.61 bits per heavy atom. The van der Waals surface area contributed by atoms with Crippen molar-refractivity contribution in [2.45, 2.75) is 51.9 Å². The standard InChI is InChI=1S/C25H37ClN4O2.C2H4O2/c1-30(2)23(31)5-6-27-7-8-28-20-3-4-22(26)21(12-20)24(32)29-16-25-13-17-9-18(14-25)11-19(10-17)15-25;1-2(3)4/h3-4,12,17-19,27-28H,5-11,13-16H2,1-2H3,(H,29,32);1H3,(H,3,4). The average Bonchev–Trinajstić information content (AvgIpc) is 2.79. The van der Waals surface area contributed by atoms with Gasteiger partial charge in [-0.2, -0.15) is 0 Å². The molecule has 8 nitrogen and oxygen atoms in total. The lowest BCUT2D eigenvalue weighted by atomic mass is 9.49. The van der Waals surface area contributed by atoms with E-state index in [9.17, 15) is 9.59 Å². The van der Waals surface area contributed by atoms with Gasteiger partial charge in [-0.25, -0.2) is 0 Å². The zero-order chi connectivity index (χ0) is 26.3. The normalized spacial score (nSPS) is 25.5. The third-order valence-corrected chi connectivity index (χ3v) is 7.97. The minimum atomic E-state index is -0.833. The average molecular weight is 521 g/mol. The summed E-state index contributed by atoms with van der Waals surface area (Å²) in [7, 11) is 3.53. The molecule has 0 unspecified atom stereocenters. The van der Waals surface area contributed by atoms with Gasteiger partial charge in [-0.3, -0.25) is 14.4 Å². The molecule has 0 aromatic heterocycles. The lowest BCUT2D eigenvalue weighted by Crippen LogP contribution is -2.51. The summed E-state index contributed by atoms with van der Waals surface area (Å²) >= 11 is 6.37. The van der Waals surface area contributed by atoms with Crippen molar-refractivity contribution in [2.75, 3.05) is 45.6 Å². The van der Waals surface area contributed by atoms with Gasteiger partial charge in [0, 0.05) is 59.3 Å². The molecule has 0 radical (unpaired) electrons. The lowest BCUT2D eigenvalue weighted by Gasteiger charge is -2.56. The number of benzene rings is 1. The van der Waals surface area contributed by atoms with E-state index in [-0.39, 0.29) is 11.8 Å². The molecule has 4 aliphatic carbocycles. The van der Waals surface area contributed by atoms with Gasteiger partial charge in [0.25, 0.3) is 11.9 Å². The molecule has 0 heterocycles. The minimum Gasteiger partial charge on any atom is -0.481 e. The van der Waals surface area contributed by atoms with Crippen LogP contribution in [0.2, 0.25) is 5.02 Å². The maximum Gasteiger partial charge on any atom is 0.300 e. The first kappa shape index (κ1) is 28.3. The largest absolute Gasteiger partial charge is 0.481 e. The first-order valence-electron chi connectivity index (χ1n) is 13.0. The summed E-state index contributed by atoms with van der Waals surface area (Å²) in [5.41, 5.74) is 1.72. The van der Waals surface area contributed by atoms with Crippen molar-refractivity contribution in [3.63, 3.8) is 0 Å². The first-order valence-corrected chi connectivity index (χ1v) is 13.4. The maximum absolute atomic E-state index is 13.0. The zero-order valence-corrected chi connectivity index (χ0v) is 22.5. The summed E-state index contributed by atoms with van der Waals surface area (Å²) in [6, 6.07) is 5.52. The molecule has 4 bridgehead atoms. The molecule has 4 fully saturated rings. The highest BCUT2D eigenvalue weighted by atomic mass is 35.5. The molecule has 2 amide bonds. The van der Waals surface area contributed by atoms with Gasteiger partial charge < -0.3 is 26.0 Å². The van der Waals surface area contributed by atoms with Crippen LogP contribution >= 0.6 is 11.6 Å². The molecule has 9 heteroatoms. The van der Waals surface area contributed by atoms with Crippen molar-refractivity contribution in [3.8, 4) is 0 Å². The fourth-order valence-corrected chi connectivity index (χ4v) is 6.72. The Bertz CT molecular complexity index is 897. The third-order valence-electron chi connectivity index (χ3n) is 7.65. The van der Waals surface area contributed by atoms with Crippen LogP contribution in [-0.2, 0) is 9.59 Å². The van der Waals surface area contributed by atoms with E-state index in [2.05, 4.69) is 16.0 Å². The zero-order valence-electron chi connectivity index (χ0n) is 21.7. The summed E-state index contributed by atoms with van der Waals surface area (Å²) < 4.78 is 0. The van der Waals surface area contributed by atoms with Crippen LogP contribution in [0, 0.1) is 23.2 Å². The second kappa shape index (κ2) is 12.8. The van der Waals surface area contributed by atoms with Crippen molar-refractivity contribution < 1.29 is 19.5 Å². The monoisotopic (exact) mass is 520 g/mol. The van der Waals surface area contributed by atoms with Gasteiger partial charge in [0.2, 0.25) is 5.91 Å². The molecular weight excluding hydrogens is 480 g/mol. The Hall–Kier alpha value is -2.32. The van der Waals surface area contributed by atoms with Gasteiger partial charge in [0.05, 0.1) is 10.6 Å². The number of rotatable bonds is 10. The van der Waals surface area contributed by atoms with E-state index in [4.69, 9.17) is 21.5 Å². The van der Waals surface area contributed by atoms with Gasteiger partial charge in [0.15, 0.2) is 0 Å². The number of hydrogen-bond donors (Lipinski definition) is 4. The molecule has 4 aliphatic rings. The Morgan fingerprint density at radius 3 is 2.17 bits per heavy atom. The molecule has 1 aromatic carbocycles. The minimum absolute atomic E-state index is 0.0743. The van der Waals surface area contributed by atoms with Crippen molar-refractivity contribution in [1.29, 1.82) is 0 Å². The van der Waals surface area contributed by atoms with Crippen molar-refractivity contribution >= 4 is 35.1 Å². The number of nitrogens with one attached hydrogen (secondary N) is 3. The van der Waals surface area contributed by atoms with E-state index in [1.165, 1.54) is 38.5 Å². The Morgan fingerprint density at radius 1 is 1.03 bits per heavy atom. The number of carbonyl (C=O) groups is 3. The molecule has 4 saturated carbocycles. The highest BCUT2D eigenvalue weighted by Gasteiger charge is 2.50. The van der Waals surface area contributed by atoms with Crippen LogP contribution in [-0.4, -0.2) is 68.1 Å². The first-order chi connectivity index (χ1) is 17.1. The molecule has 5 rings (SSSR count). The molecule has 0 aliphatic heterocycles. The van der Waals surface area contributed by atoms with E-state index in [1.807, 2.05) is 12.1 Å². The van der Waals surface area contributed by atoms with Crippen LogP contribution in [0.4, 0.5) is 5.69 Å². The SMILES string of the molecule is CC(=O)O.CN(C)C(=O)CCNCCNc1ccc(Cl)c(C(=O)NCC23CC4CC(CC(C4)C2)C3)c1. The van der Waals surface area contributed by atoms with Gasteiger partial charge >= 0.3 is 0 Å². The van der Waals surface area contributed by atoms with Crippen molar-refractivity contribution in [1.82, 2.24) is 15.5 Å². The van der Waals surface area contributed by atoms with Gasteiger partial charge in [-0.15, -0.1) is 0 Å². The van der Waals surface area contributed by atoms with Crippen LogP contribution in [0.5, 0.6) is 0 Å². The number of halogens is 1. The molecule has 36 heavy (non-hydrogen) atoms. The second-order valence-electron chi connectivity index (χ2n) is 11.0. The smallest absolute Gasteiger partial charge is 0.300 e. The Kier molecular flexibility index (Phi) is 10.0. The predicted octanol–water partition coefficient (Wildman–Crippen LogP) is 3.86. The lowest BCUT2D eigenvalue weighted by molar-refractivity contribution is -0.134. The van der Waals surface area contributed by atoms with Gasteiger partial charge in [0.1, 0.15) is 0 Å². The molecular formula is C27H41ClN4O4. The molecule has 4 N–H and O–H groups in total. The van der Waals surface area contributed by atoms with Crippen LogP contribution in [0.25, 0.3) is 0 Å². The van der Waals surface area contributed by atoms with Crippen LogP contribution < -0.4 is 16.0 Å². The quantitative estimate of drug-likeness (QED) is 0.349. The summed E-state index contributed by atoms with van der Waals surface area (Å²) in [6.45, 7) is 3.94. The van der Waals surface area contributed by atoms with Gasteiger partial charge in [-0.1, -0.05) is 11.6 Å². The summed E-state index contributed by atoms with van der Waals surface area (Å²) in [4.78, 5) is 35.2. The highest BCUT2D eigenvalue weighted by molar-refractivity contribution is 6.34. The van der Waals surface area contributed by atoms with E-state index < -0.39 is 5.97 Å². The number of carbonyl (C=O) groups excluding carboxylic acids is 2. The van der Waals surface area contributed by atoms with Crippen LogP contribution in [0.3, 0.4) is 0 Å². The van der Waals surface area contributed by atoms with E-state index in [0.29, 0.717) is 35.5 Å². The number of aliphatic carboxylic acids is 1. The van der Waals surface area contributed by atoms with Gasteiger partial charge in [-0.05, 0) is 79.9 Å². The molecule has 200 valence electrons. The number of anilines is 1. The fraction of sp³-hybridized carbons (Fsp3) is 0.667. The summed E-state index contributed by atoms with van der Waals surface area (Å²) in [5, 5.41) is 17.7. The van der Waals surface area contributed by atoms with Crippen LogP contribution in [0.1, 0.15) is 62.2 Å². The molecule has 0 spiro atoms. The maximum atomic E-state index is 13.0. The topological polar surface area (TPSA) is 111 Å². The number of hydrogen-bond acceptors (Lipinski definition) is 5. The highest BCUT2D eigenvalue weighted by Crippen LogP contribution is 2.59. The summed E-state index contributed by atoms with van der Waals surface area (Å²) in [5.74, 6) is 1.85. The second-order valence-corrected chi connectivity index (χ2v) is 11.4. The van der Waals surface area contributed by atoms with E-state index in [0.717, 1.165) is 43.5 Å². The Balaban J connectivity index is 0.000000840.